The van der Waals surface area contributed by atoms with Crippen LogP contribution in [-0.4, -0.2) is 27.9 Å². The Kier molecular flexibility index (Phi) is 4.98. The summed E-state index contributed by atoms with van der Waals surface area (Å²) in [5, 5.41) is 18.5. The molecule has 2 rings (SSSR count). The van der Waals surface area contributed by atoms with Crippen LogP contribution in [0, 0.1) is 0 Å². The molecule has 0 unspecified atom stereocenters. The standard InChI is InChI=1S/C16H14O8/c1-8(17)11-6-12-9(7-23-15(21)3-2-14(19)20)4-10(18)5-13(12)24-16(11)22/h4-6,18H,2-3,7H2,1H3,(H,19,20). The van der Waals surface area contributed by atoms with Gasteiger partial charge in [0.1, 0.15) is 23.5 Å². The molecule has 0 saturated heterocycles. The summed E-state index contributed by atoms with van der Waals surface area (Å²) < 4.78 is 9.96. The molecule has 0 fully saturated rings. The number of rotatable bonds is 6. The van der Waals surface area contributed by atoms with E-state index in [2.05, 4.69) is 0 Å². The smallest absolute Gasteiger partial charge is 0.347 e. The summed E-state index contributed by atoms with van der Waals surface area (Å²) in [5.41, 5.74) is -0.627. The van der Waals surface area contributed by atoms with Crippen molar-refractivity contribution in [3.05, 3.63) is 39.7 Å². The first kappa shape index (κ1) is 17.2. The van der Waals surface area contributed by atoms with Gasteiger partial charge in [-0.05, 0) is 19.1 Å². The number of Topliss-reactive ketones (excluding diaryl/α,β-unsaturated/α-hetero) is 1. The fraction of sp³-hybridized carbons (Fsp3) is 0.250. The zero-order valence-corrected chi connectivity index (χ0v) is 12.7. The summed E-state index contributed by atoms with van der Waals surface area (Å²) in [5.74, 6) is -2.54. The molecule has 0 aliphatic rings. The Balaban J connectivity index is 2.33. The summed E-state index contributed by atoms with van der Waals surface area (Å²) >= 11 is 0. The molecule has 8 heteroatoms. The van der Waals surface area contributed by atoms with Gasteiger partial charge in [-0.2, -0.15) is 0 Å². The highest BCUT2D eigenvalue weighted by Crippen LogP contribution is 2.25. The summed E-state index contributed by atoms with van der Waals surface area (Å²) in [6, 6.07) is 3.82. The van der Waals surface area contributed by atoms with Gasteiger partial charge in [-0.3, -0.25) is 14.4 Å². The van der Waals surface area contributed by atoms with Crippen molar-refractivity contribution in [1.82, 2.24) is 0 Å². The Hall–Kier alpha value is -3.16. The first-order valence-corrected chi connectivity index (χ1v) is 6.96. The molecule has 126 valence electrons. The van der Waals surface area contributed by atoms with Crippen LogP contribution in [0.1, 0.15) is 35.7 Å². The number of carbonyl (C=O) groups excluding carboxylic acids is 2. The molecular weight excluding hydrogens is 320 g/mol. The Bertz CT molecular complexity index is 878. The van der Waals surface area contributed by atoms with E-state index >= 15 is 0 Å². The van der Waals surface area contributed by atoms with Crippen LogP contribution in [0.2, 0.25) is 0 Å². The molecule has 1 heterocycles. The molecule has 0 aliphatic carbocycles. The van der Waals surface area contributed by atoms with E-state index in [1.807, 2.05) is 0 Å². The molecule has 0 aliphatic heterocycles. The first-order chi connectivity index (χ1) is 11.3. The number of aliphatic carboxylic acids is 1. The number of phenols is 1. The fourth-order valence-electron chi connectivity index (χ4n) is 2.08. The number of fused-ring (bicyclic) bond motifs is 1. The average molecular weight is 334 g/mol. The van der Waals surface area contributed by atoms with E-state index in [9.17, 15) is 24.3 Å². The minimum absolute atomic E-state index is 0.0431. The zero-order valence-electron chi connectivity index (χ0n) is 12.7. The van der Waals surface area contributed by atoms with Gasteiger partial charge < -0.3 is 19.4 Å². The van der Waals surface area contributed by atoms with E-state index < -0.39 is 23.3 Å². The Morgan fingerprint density at radius 1 is 1.17 bits per heavy atom. The van der Waals surface area contributed by atoms with Crippen LogP contribution in [-0.2, 0) is 20.9 Å². The third kappa shape index (κ3) is 3.97. The fourth-order valence-corrected chi connectivity index (χ4v) is 2.08. The Labute approximate surface area is 135 Å². The molecule has 24 heavy (non-hydrogen) atoms. The number of hydrogen-bond donors (Lipinski definition) is 2. The zero-order chi connectivity index (χ0) is 17.9. The van der Waals surface area contributed by atoms with E-state index in [0.717, 1.165) is 0 Å². The van der Waals surface area contributed by atoms with E-state index in [-0.39, 0.29) is 36.3 Å². The second-order valence-corrected chi connectivity index (χ2v) is 5.07. The normalized spacial score (nSPS) is 10.5. The number of ether oxygens (including phenoxy) is 1. The molecule has 1 aromatic heterocycles. The number of carboxylic acid groups (broad SMARTS) is 1. The van der Waals surface area contributed by atoms with Crippen molar-refractivity contribution < 1.29 is 33.8 Å². The van der Waals surface area contributed by atoms with Gasteiger partial charge in [0.25, 0.3) is 0 Å². The van der Waals surface area contributed by atoms with E-state index in [4.69, 9.17) is 14.3 Å². The molecule has 2 N–H and O–H groups in total. The van der Waals surface area contributed by atoms with Crippen LogP contribution in [0.4, 0.5) is 0 Å². The highest BCUT2D eigenvalue weighted by molar-refractivity contribution is 5.97. The van der Waals surface area contributed by atoms with Crippen molar-refractivity contribution in [2.24, 2.45) is 0 Å². The highest BCUT2D eigenvalue weighted by atomic mass is 16.5. The lowest BCUT2D eigenvalue weighted by Crippen LogP contribution is -2.12. The van der Waals surface area contributed by atoms with Crippen LogP contribution >= 0.6 is 0 Å². The molecule has 2 aromatic rings. The number of ketones is 1. The molecule has 1 aromatic carbocycles. The number of hydrogen-bond acceptors (Lipinski definition) is 7. The van der Waals surface area contributed by atoms with Gasteiger partial charge >= 0.3 is 17.6 Å². The van der Waals surface area contributed by atoms with Crippen LogP contribution in [0.15, 0.2) is 27.4 Å². The third-order valence-electron chi connectivity index (χ3n) is 3.23. The second-order valence-electron chi connectivity index (χ2n) is 5.07. The van der Waals surface area contributed by atoms with Crippen LogP contribution in [0.3, 0.4) is 0 Å². The number of esters is 1. The van der Waals surface area contributed by atoms with E-state index in [1.165, 1.54) is 25.1 Å². The minimum Gasteiger partial charge on any atom is -0.508 e. The first-order valence-electron chi connectivity index (χ1n) is 6.96. The van der Waals surface area contributed by atoms with Gasteiger partial charge in [0.2, 0.25) is 0 Å². The van der Waals surface area contributed by atoms with E-state index in [1.54, 1.807) is 0 Å². The SMILES string of the molecule is CC(=O)c1cc2c(COC(=O)CCC(=O)O)cc(O)cc2oc1=O. The molecule has 0 radical (unpaired) electrons. The number of phenolic OH excluding ortho intramolecular Hbond substituents is 1. The maximum Gasteiger partial charge on any atom is 0.347 e. The molecule has 0 spiro atoms. The monoisotopic (exact) mass is 334 g/mol. The van der Waals surface area contributed by atoms with Crippen molar-refractivity contribution >= 4 is 28.7 Å². The summed E-state index contributed by atoms with van der Waals surface area (Å²) in [6.45, 7) is 0.943. The third-order valence-corrected chi connectivity index (χ3v) is 3.23. The van der Waals surface area contributed by atoms with Crippen LogP contribution < -0.4 is 5.63 Å². The predicted octanol–water partition coefficient (Wildman–Crippen LogP) is 1.61. The van der Waals surface area contributed by atoms with Crippen molar-refractivity contribution in [1.29, 1.82) is 0 Å². The number of carbonyl (C=O) groups is 3. The quantitative estimate of drug-likeness (QED) is 0.463. The molecule has 0 bridgehead atoms. The van der Waals surface area contributed by atoms with Crippen molar-refractivity contribution in [2.75, 3.05) is 0 Å². The number of carboxylic acids is 1. The topological polar surface area (TPSA) is 131 Å². The van der Waals surface area contributed by atoms with Crippen molar-refractivity contribution in [3.63, 3.8) is 0 Å². The lowest BCUT2D eigenvalue weighted by Gasteiger charge is -2.09. The van der Waals surface area contributed by atoms with Gasteiger partial charge in [-0.25, -0.2) is 4.79 Å². The molecule has 0 saturated carbocycles. The molecule has 0 amide bonds. The van der Waals surface area contributed by atoms with Gasteiger partial charge in [0.05, 0.1) is 12.8 Å². The molecule has 0 atom stereocenters. The van der Waals surface area contributed by atoms with E-state index in [0.29, 0.717) is 10.9 Å². The maximum absolute atomic E-state index is 11.7. The Morgan fingerprint density at radius 3 is 2.50 bits per heavy atom. The summed E-state index contributed by atoms with van der Waals surface area (Å²) in [7, 11) is 0. The van der Waals surface area contributed by atoms with Crippen LogP contribution in [0.25, 0.3) is 11.0 Å². The van der Waals surface area contributed by atoms with Crippen molar-refractivity contribution in [3.8, 4) is 5.75 Å². The van der Waals surface area contributed by atoms with Gasteiger partial charge in [0.15, 0.2) is 5.78 Å². The van der Waals surface area contributed by atoms with Crippen molar-refractivity contribution in [2.45, 2.75) is 26.4 Å². The van der Waals surface area contributed by atoms with Crippen LogP contribution in [0.5, 0.6) is 5.75 Å². The lowest BCUT2D eigenvalue weighted by molar-refractivity contribution is -0.148. The second kappa shape index (κ2) is 6.95. The summed E-state index contributed by atoms with van der Waals surface area (Å²) in [6.07, 6.45) is -0.650. The maximum atomic E-state index is 11.7. The number of benzene rings is 1. The lowest BCUT2D eigenvalue weighted by atomic mass is 10.1. The minimum atomic E-state index is -1.12. The van der Waals surface area contributed by atoms with Gasteiger partial charge in [-0.1, -0.05) is 0 Å². The average Bonchev–Trinajstić information content (AvgIpc) is 2.49. The Morgan fingerprint density at radius 2 is 1.88 bits per heavy atom. The summed E-state index contributed by atoms with van der Waals surface area (Å²) in [4.78, 5) is 45.1. The predicted molar refractivity (Wildman–Crippen MR) is 80.8 cm³/mol. The number of aromatic hydroxyl groups is 1. The molecule has 8 nitrogen and oxygen atoms in total. The molecular formula is C16H14O8. The van der Waals surface area contributed by atoms with Gasteiger partial charge in [0, 0.05) is 17.0 Å². The van der Waals surface area contributed by atoms with Gasteiger partial charge in [-0.15, -0.1) is 0 Å². The largest absolute Gasteiger partial charge is 0.508 e. The highest BCUT2D eigenvalue weighted by Gasteiger charge is 2.15.